The third-order valence-corrected chi connectivity index (χ3v) is 7.13. The molecule has 2 aromatic rings. The Balaban J connectivity index is 1.90. The van der Waals surface area contributed by atoms with Crippen molar-refractivity contribution < 1.29 is 33.4 Å². The van der Waals surface area contributed by atoms with Crippen LogP contribution in [0.2, 0.25) is 0 Å². The van der Waals surface area contributed by atoms with Crippen LogP contribution in [0.15, 0.2) is 42.5 Å². The van der Waals surface area contributed by atoms with Crippen molar-refractivity contribution in [3.63, 3.8) is 0 Å². The Morgan fingerprint density at radius 2 is 1.78 bits per heavy atom. The maximum Gasteiger partial charge on any atom is 0.326 e. The Bertz CT molecular complexity index is 1230. The lowest BCUT2D eigenvalue weighted by Gasteiger charge is -2.32. The van der Waals surface area contributed by atoms with Crippen molar-refractivity contribution in [1.29, 1.82) is 0 Å². The van der Waals surface area contributed by atoms with Crippen molar-refractivity contribution in [2.75, 3.05) is 26.2 Å². The number of imide groups is 1. The highest BCUT2D eigenvalue weighted by molar-refractivity contribution is 6.24. The minimum absolute atomic E-state index is 0.187. The summed E-state index contributed by atoms with van der Waals surface area (Å²) in [5, 5.41) is 3.33. The summed E-state index contributed by atoms with van der Waals surface area (Å²) in [5.74, 6) is -2.63. The van der Waals surface area contributed by atoms with Gasteiger partial charge in [-0.25, -0.2) is 4.90 Å². The van der Waals surface area contributed by atoms with Gasteiger partial charge in [0.05, 0.1) is 38.9 Å². The number of hydrogen-bond acceptors (Lipinski definition) is 8. The van der Waals surface area contributed by atoms with Crippen molar-refractivity contribution in [3.8, 4) is 11.5 Å². The Hall–Kier alpha value is -3.72. The normalized spacial score (nSPS) is 25.0. The van der Waals surface area contributed by atoms with E-state index in [1.165, 1.54) is 34.3 Å². The van der Waals surface area contributed by atoms with Gasteiger partial charge in [0.25, 0.3) is 0 Å². The van der Waals surface area contributed by atoms with Crippen LogP contribution >= 0.6 is 0 Å². The van der Waals surface area contributed by atoms with Crippen LogP contribution in [0.3, 0.4) is 0 Å². The van der Waals surface area contributed by atoms with E-state index in [0.29, 0.717) is 34.7 Å². The molecule has 2 saturated heterocycles. The largest absolute Gasteiger partial charge is 0.497 e. The number of anilines is 1. The van der Waals surface area contributed by atoms with Gasteiger partial charge in [0, 0.05) is 23.2 Å². The zero-order chi connectivity index (χ0) is 26.2. The predicted molar refractivity (Wildman–Crippen MR) is 131 cm³/mol. The van der Waals surface area contributed by atoms with Crippen molar-refractivity contribution in [2.45, 2.75) is 38.3 Å². The molecule has 4 rings (SSSR count). The fourth-order valence-electron chi connectivity index (χ4n) is 5.56. The number of ether oxygens (including phenoxy) is 3. The Labute approximate surface area is 209 Å². The lowest BCUT2D eigenvalue weighted by Crippen LogP contribution is -2.56. The number of Topliss-reactive ketones (excluding diaryl/α,β-unsaturated/α-hetero) is 1. The molecular weight excluding hydrogens is 464 g/mol. The number of carbonyl (C=O) groups excluding carboxylic acids is 4. The molecule has 2 aliphatic rings. The van der Waals surface area contributed by atoms with E-state index < -0.39 is 41.2 Å². The Morgan fingerprint density at radius 3 is 2.39 bits per heavy atom. The van der Waals surface area contributed by atoms with Crippen LogP contribution in [0.4, 0.5) is 5.69 Å². The first kappa shape index (κ1) is 25.4. The van der Waals surface area contributed by atoms with Crippen molar-refractivity contribution in [1.82, 2.24) is 5.32 Å². The predicted octanol–water partition coefficient (Wildman–Crippen LogP) is 3.07. The SMILES string of the molecule is CCC[C@]1(C(=O)OC)N[C@H](c2ccc(OC)cc2OC)[C@@H]2C(=O)N(c3cccc(C(C)=O)c3)C(=O)[C@H]21. The number of carbonyl (C=O) groups is 4. The second kappa shape index (κ2) is 9.73. The van der Waals surface area contributed by atoms with Gasteiger partial charge in [0.15, 0.2) is 5.78 Å². The van der Waals surface area contributed by atoms with Crippen molar-refractivity contribution in [2.24, 2.45) is 11.8 Å². The first-order chi connectivity index (χ1) is 17.2. The number of benzene rings is 2. The van der Waals surface area contributed by atoms with Crippen LogP contribution in [0.1, 0.15) is 48.7 Å². The first-order valence-electron chi connectivity index (χ1n) is 11.8. The highest BCUT2D eigenvalue weighted by atomic mass is 16.5. The number of ketones is 1. The molecule has 0 spiro atoms. The Kier molecular flexibility index (Phi) is 6.86. The van der Waals surface area contributed by atoms with E-state index in [9.17, 15) is 19.2 Å². The molecule has 2 heterocycles. The minimum Gasteiger partial charge on any atom is -0.497 e. The summed E-state index contributed by atoms with van der Waals surface area (Å²) in [4.78, 5) is 54.2. The van der Waals surface area contributed by atoms with E-state index >= 15 is 0 Å². The van der Waals surface area contributed by atoms with Crippen LogP contribution in [0.5, 0.6) is 11.5 Å². The summed E-state index contributed by atoms with van der Waals surface area (Å²) in [6.07, 6.45) is 0.856. The number of fused-ring (bicyclic) bond motifs is 1. The molecule has 190 valence electrons. The van der Waals surface area contributed by atoms with Gasteiger partial charge in [-0.15, -0.1) is 0 Å². The van der Waals surface area contributed by atoms with Gasteiger partial charge in [-0.2, -0.15) is 0 Å². The summed E-state index contributed by atoms with van der Waals surface area (Å²) in [6.45, 7) is 3.32. The van der Waals surface area contributed by atoms with Crippen LogP contribution in [0.25, 0.3) is 0 Å². The summed E-state index contributed by atoms with van der Waals surface area (Å²) in [5.41, 5.74) is -0.119. The number of amides is 2. The fraction of sp³-hybridized carbons (Fsp3) is 0.407. The number of hydrogen-bond donors (Lipinski definition) is 1. The molecule has 2 amide bonds. The van der Waals surface area contributed by atoms with Crippen molar-refractivity contribution in [3.05, 3.63) is 53.6 Å². The van der Waals surface area contributed by atoms with Gasteiger partial charge in [0.2, 0.25) is 11.8 Å². The van der Waals surface area contributed by atoms with Gasteiger partial charge >= 0.3 is 5.97 Å². The molecule has 0 radical (unpaired) electrons. The number of methoxy groups -OCH3 is 3. The molecular formula is C27H30N2O7. The van der Waals surface area contributed by atoms with Gasteiger partial charge < -0.3 is 14.2 Å². The maximum atomic E-state index is 14.0. The second-order valence-electron chi connectivity index (χ2n) is 9.06. The zero-order valence-corrected chi connectivity index (χ0v) is 21.0. The molecule has 2 aromatic carbocycles. The number of nitrogens with one attached hydrogen (secondary N) is 1. The molecule has 36 heavy (non-hydrogen) atoms. The first-order valence-corrected chi connectivity index (χ1v) is 11.8. The lowest BCUT2D eigenvalue weighted by atomic mass is 9.77. The highest BCUT2D eigenvalue weighted by Crippen LogP contribution is 2.53. The lowest BCUT2D eigenvalue weighted by molar-refractivity contribution is -0.152. The molecule has 4 atom stereocenters. The third kappa shape index (κ3) is 3.83. The quantitative estimate of drug-likeness (QED) is 0.339. The van der Waals surface area contributed by atoms with E-state index in [4.69, 9.17) is 14.2 Å². The van der Waals surface area contributed by atoms with E-state index in [1.54, 1.807) is 36.4 Å². The number of rotatable bonds is 8. The van der Waals surface area contributed by atoms with Crippen LogP contribution in [-0.2, 0) is 19.1 Å². The molecule has 1 N–H and O–H groups in total. The molecule has 0 aliphatic carbocycles. The molecule has 2 fully saturated rings. The standard InChI is InChI=1S/C27H30N2O7/c1-6-12-27(26(33)36-5)22-21(23(28-27)19-11-10-18(34-3)14-20(19)35-4)24(31)29(25(22)32)17-9-7-8-16(13-17)15(2)30/h7-11,13-14,21-23,28H,6,12H2,1-5H3/t21-,22+,23-,27+/m1/s1. The molecule has 2 aliphatic heterocycles. The Morgan fingerprint density at radius 1 is 1.03 bits per heavy atom. The van der Waals surface area contributed by atoms with Gasteiger partial charge in [-0.3, -0.25) is 24.5 Å². The zero-order valence-electron chi connectivity index (χ0n) is 21.0. The molecule has 0 saturated carbocycles. The highest BCUT2D eigenvalue weighted by Gasteiger charge is 2.68. The summed E-state index contributed by atoms with van der Waals surface area (Å²) >= 11 is 0. The maximum absolute atomic E-state index is 14.0. The van der Waals surface area contributed by atoms with Crippen molar-refractivity contribution >= 4 is 29.3 Å². The summed E-state index contributed by atoms with van der Waals surface area (Å²) < 4.78 is 16.1. The van der Waals surface area contributed by atoms with Crippen LogP contribution in [-0.4, -0.2) is 50.4 Å². The molecule has 9 nitrogen and oxygen atoms in total. The van der Waals surface area contributed by atoms with Crippen LogP contribution in [0, 0.1) is 11.8 Å². The van der Waals surface area contributed by atoms with Crippen LogP contribution < -0.4 is 19.7 Å². The average Bonchev–Trinajstić information content (AvgIpc) is 3.36. The topological polar surface area (TPSA) is 111 Å². The van der Waals surface area contributed by atoms with Gasteiger partial charge in [-0.05, 0) is 31.5 Å². The third-order valence-electron chi connectivity index (χ3n) is 7.13. The second-order valence-corrected chi connectivity index (χ2v) is 9.06. The summed E-state index contributed by atoms with van der Waals surface area (Å²) in [6, 6.07) is 10.9. The van der Waals surface area contributed by atoms with Gasteiger partial charge in [0.1, 0.15) is 17.0 Å². The smallest absolute Gasteiger partial charge is 0.326 e. The monoisotopic (exact) mass is 494 g/mol. The summed E-state index contributed by atoms with van der Waals surface area (Å²) in [7, 11) is 4.31. The minimum atomic E-state index is -1.41. The average molecular weight is 495 g/mol. The molecule has 9 heteroatoms. The van der Waals surface area contributed by atoms with Gasteiger partial charge in [-0.1, -0.05) is 31.5 Å². The van der Waals surface area contributed by atoms with E-state index in [-0.39, 0.29) is 12.2 Å². The van der Waals surface area contributed by atoms with E-state index in [0.717, 1.165) is 4.90 Å². The van der Waals surface area contributed by atoms with E-state index in [2.05, 4.69) is 5.32 Å². The molecule has 0 unspecified atom stereocenters. The van der Waals surface area contributed by atoms with E-state index in [1.807, 2.05) is 6.92 Å². The fourth-order valence-corrected chi connectivity index (χ4v) is 5.56. The molecule has 0 bridgehead atoms. The molecule has 0 aromatic heterocycles. The number of nitrogens with zero attached hydrogens (tertiary/aromatic N) is 1. The number of esters is 1.